The van der Waals surface area contributed by atoms with Crippen molar-refractivity contribution in [3.63, 3.8) is 0 Å². The maximum Gasteiger partial charge on any atom is 0.242 e. The summed E-state index contributed by atoms with van der Waals surface area (Å²) in [4.78, 5) is 39.0. The van der Waals surface area contributed by atoms with E-state index in [2.05, 4.69) is 33.4 Å². The number of carbonyl (C=O) groups excluding carboxylic acids is 3. The number of hydrogen-bond acceptors (Lipinski definition) is 5. The number of Topliss-reactive ketones (excluding diaryl/α,β-unsaturated/α-hetero) is 1. The van der Waals surface area contributed by atoms with Gasteiger partial charge in [-0.25, -0.2) is 0 Å². The third-order valence-electron chi connectivity index (χ3n) is 4.98. The fourth-order valence-corrected chi connectivity index (χ4v) is 3.46. The molecule has 0 spiro atoms. The Hall–Kier alpha value is -4.01. The van der Waals surface area contributed by atoms with Crippen molar-refractivity contribution in [2.24, 2.45) is 0 Å². The second-order valence-corrected chi connectivity index (χ2v) is 7.86. The van der Waals surface area contributed by atoms with Gasteiger partial charge in [-0.05, 0) is 47.5 Å². The Kier molecular flexibility index (Phi) is 7.91. The van der Waals surface area contributed by atoms with Crippen LogP contribution in [-0.2, 0) is 14.4 Å². The van der Waals surface area contributed by atoms with Crippen LogP contribution in [0.4, 0.5) is 0 Å². The molecule has 1 saturated heterocycles. The first-order valence-corrected chi connectivity index (χ1v) is 11.1. The van der Waals surface area contributed by atoms with Crippen LogP contribution >= 0.6 is 15.9 Å². The zero-order chi connectivity index (χ0) is 23.8. The van der Waals surface area contributed by atoms with Gasteiger partial charge in [0, 0.05) is 24.2 Å². The number of likely N-dealkylation sites (tertiary alicyclic amines) is 1. The van der Waals surface area contributed by atoms with Crippen LogP contribution in [0.15, 0.2) is 59.7 Å². The monoisotopic (exact) mass is 502 g/mol. The maximum atomic E-state index is 13.2. The molecule has 3 rings (SSSR count). The molecule has 0 bridgehead atoms. The van der Waals surface area contributed by atoms with Gasteiger partial charge in [-0.3, -0.25) is 14.4 Å². The van der Waals surface area contributed by atoms with Gasteiger partial charge in [0.15, 0.2) is 5.78 Å². The van der Waals surface area contributed by atoms with Crippen LogP contribution in [-0.4, -0.2) is 47.5 Å². The number of hydrogen-bond donors (Lipinski definition) is 1. The molecule has 8 heteroatoms. The van der Waals surface area contributed by atoms with Crippen molar-refractivity contribution in [2.75, 3.05) is 25.0 Å². The Labute approximate surface area is 199 Å². The normalized spacial score (nSPS) is 15.7. The predicted molar refractivity (Wildman–Crippen MR) is 127 cm³/mol. The van der Waals surface area contributed by atoms with Crippen LogP contribution in [0.1, 0.15) is 22.3 Å². The number of nitrogens with zero attached hydrogens (tertiary/aromatic N) is 3. The van der Waals surface area contributed by atoms with Crippen LogP contribution in [0.5, 0.6) is 0 Å². The molecule has 0 atom stereocenters. The second-order valence-electron chi connectivity index (χ2n) is 7.30. The summed E-state index contributed by atoms with van der Waals surface area (Å²) in [5.74, 6) is -0.802. The van der Waals surface area contributed by atoms with Crippen LogP contribution in [0, 0.1) is 22.7 Å². The number of rotatable bonds is 5. The average Bonchev–Trinajstić information content (AvgIpc) is 2.85. The SMILES string of the molecule is N#Cc1ccc(/C=C2\CN(C(=O)CNC(=O)CBr)C/C(=C\c3ccc(C#N)cc3)C2=O)cc1. The smallest absolute Gasteiger partial charge is 0.242 e. The first kappa shape index (κ1) is 23.6. The molecule has 0 aromatic heterocycles. The summed E-state index contributed by atoms with van der Waals surface area (Å²) >= 11 is 3.04. The number of halogens is 1. The van der Waals surface area contributed by atoms with Crippen molar-refractivity contribution in [3.8, 4) is 12.1 Å². The molecule has 0 radical (unpaired) electrons. The highest BCUT2D eigenvalue weighted by atomic mass is 79.9. The Balaban J connectivity index is 1.93. The highest BCUT2D eigenvalue weighted by molar-refractivity contribution is 9.09. The molecular formula is C25H19BrN4O3. The third-order valence-corrected chi connectivity index (χ3v) is 5.49. The van der Waals surface area contributed by atoms with Gasteiger partial charge in [0.05, 0.1) is 35.1 Å². The van der Waals surface area contributed by atoms with Crippen LogP contribution < -0.4 is 5.32 Å². The number of carbonyl (C=O) groups is 3. The molecule has 1 fully saturated rings. The van der Waals surface area contributed by atoms with Crippen LogP contribution in [0.3, 0.4) is 0 Å². The van der Waals surface area contributed by atoms with E-state index in [1.807, 2.05) is 0 Å². The minimum absolute atomic E-state index is 0.0897. The molecule has 0 unspecified atom stereocenters. The van der Waals surface area contributed by atoms with E-state index in [9.17, 15) is 14.4 Å². The van der Waals surface area contributed by atoms with E-state index < -0.39 is 0 Å². The molecule has 33 heavy (non-hydrogen) atoms. The van der Waals surface area contributed by atoms with Gasteiger partial charge in [0.1, 0.15) is 0 Å². The lowest BCUT2D eigenvalue weighted by Gasteiger charge is -2.30. The summed E-state index contributed by atoms with van der Waals surface area (Å²) in [5.41, 5.74) is 3.33. The number of alkyl halides is 1. The van der Waals surface area contributed by atoms with E-state index in [0.717, 1.165) is 11.1 Å². The fourth-order valence-electron chi connectivity index (χ4n) is 3.26. The van der Waals surface area contributed by atoms with Gasteiger partial charge < -0.3 is 10.2 Å². The fraction of sp³-hybridized carbons (Fsp3) is 0.160. The van der Waals surface area contributed by atoms with Gasteiger partial charge >= 0.3 is 0 Å². The summed E-state index contributed by atoms with van der Waals surface area (Å²) in [7, 11) is 0. The Bertz CT molecular complexity index is 1140. The quantitative estimate of drug-likeness (QED) is 0.498. The second kappa shape index (κ2) is 11.0. The topological polar surface area (TPSA) is 114 Å². The van der Waals surface area contributed by atoms with Crippen molar-refractivity contribution >= 4 is 45.7 Å². The molecular weight excluding hydrogens is 484 g/mol. The van der Waals surface area contributed by atoms with Gasteiger partial charge in [-0.15, -0.1) is 0 Å². The van der Waals surface area contributed by atoms with Crippen molar-refractivity contribution in [1.29, 1.82) is 10.5 Å². The van der Waals surface area contributed by atoms with Crippen molar-refractivity contribution in [2.45, 2.75) is 0 Å². The van der Waals surface area contributed by atoms with E-state index in [0.29, 0.717) is 22.3 Å². The summed E-state index contributed by atoms with van der Waals surface area (Å²) in [6.45, 7) is 0.0338. The molecule has 1 aliphatic rings. The highest BCUT2D eigenvalue weighted by Crippen LogP contribution is 2.22. The van der Waals surface area contributed by atoms with Crippen molar-refractivity contribution in [1.82, 2.24) is 10.2 Å². The molecule has 2 amide bonds. The Morgan fingerprint density at radius 1 is 0.909 bits per heavy atom. The summed E-state index contributed by atoms with van der Waals surface area (Å²) in [5, 5.41) is 20.6. The summed E-state index contributed by atoms with van der Waals surface area (Å²) in [6.07, 6.45) is 3.40. The molecule has 1 N–H and O–H groups in total. The first-order chi connectivity index (χ1) is 15.9. The predicted octanol–water partition coefficient (Wildman–Crippen LogP) is 2.82. The summed E-state index contributed by atoms with van der Waals surface area (Å²) in [6, 6.07) is 17.7. The third kappa shape index (κ3) is 6.25. The van der Waals surface area contributed by atoms with E-state index in [1.165, 1.54) is 4.90 Å². The van der Waals surface area contributed by atoms with E-state index in [1.54, 1.807) is 60.7 Å². The lowest BCUT2D eigenvalue weighted by atomic mass is 9.94. The number of nitrogens with one attached hydrogen (secondary N) is 1. The first-order valence-electron chi connectivity index (χ1n) is 10.00. The standard InChI is InChI=1S/C25H19BrN4O3/c26-11-23(31)29-14-24(32)30-15-21(9-17-1-5-19(12-27)6-2-17)25(33)22(16-30)10-18-3-7-20(13-28)8-4-18/h1-10H,11,14-16H2,(H,29,31)/b21-9+,22-10+. The molecule has 0 aliphatic carbocycles. The minimum Gasteiger partial charge on any atom is -0.346 e. The van der Waals surface area contributed by atoms with Crippen molar-refractivity contribution in [3.05, 3.63) is 81.9 Å². The molecule has 1 aliphatic heterocycles. The number of ketones is 1. The molecule has 2 aromatic rings. The van der Waals surface area contributed by atoms with E-state index in [-0.39, 0.29) is 42.6 Å². The van der Waals surface area contributed by atoms with Gasteiger partial charge in [-0.1, -0.05) is 40.2 Å². The van der Waals surface area contributed by atoms with E-state index >= 15 is 0 Å². The molecule has 7 nitrogen and oxygen atoms in total. The van der Waals surface area contributed by atoms with Gasteiger partial charge in [0.2, 0.25) is 11.8 Å². The molecule has 0 saturated carbocycles. The zero-order valence-electron chi connectivity index (χ0n) is 17.5. The molecule has 1 heterocycles. The number of nitriles is 2. The number of benzene rings is 2. The van der Waals surface area contributed by atoms with Gasteiger partial charge in [0.25, 0.3) is 0 Å². The Morgan fingerprint density at radius 2 is 1.36 bits per heavy atom. The number of piperidine rings is 1. The number of amides is 2. The lowest BCUT2D eigenvalue weighted by molar-refractivity contribution is -0.132. The zero-order valence-corrected chi connectivity index (χ0v) is 19.1. The van der Waals surface area contributed by atoms with Gasteiger partial charge in [-0.2, -0.15) is 10.5 Å². The van der Waals surface area contributed by atoms with Crippen molar-refractivity contribution < 1.29 is 14.4 Å². The largest absolute Gasteiger partial charge is 0.346 e. The maximum absolute atomic E-state index is 13.2. The molecule has 164 valence electrons. The lowest BCUT2D eigenvalue weighted by Crippen LogP contribution is -2.46. The highest BCUT2D eigenvalue weighted by Gasteiger charge is 2.29. The van der Waals surface area contributed by atoms with Crippen LogP contribution in [0.25, 0.3) is 12.2 Å². The molecule has 2 aromatic carbocycles. The minimum atomic E-state index is -0.312. The van der Waals surface area contributed by atoms with Crippen LogP contribution in [0.2, 0.25) is 0 Å². The van der Waals surface area contributed by atoms with E-state index in [4.69, 9.17) is 10.5 Å². The summed E-state index contributed by atoms with van der Waals surface area (Å²) < 4.78 is 0. The average molecular weight is 503 g/mol. The Morgan fingerprint density at radius 3 is 1.76 bits per heavy atom.